The molecule has 2 rings (SSSR count). The molecule has 0 bridgehead atoms. The van der Waals surface area contributed by atoms with Gasteiger partial charge in [-0.25, -0.2) is 14.6 Å². The van der Waals surface area contributed by atoms with Crippen LogP contribution in [-0.4, -0.2) is 78.4 Å². The number of carboxylic acids is 1. The molecular formula is C10H16N4O5. The molecular weight excluding hydrogens is 256 g/mol. The molecule has 0 saturated carbocycles. The number of morpholine rings is 1. The van der Waals surface area contributed by atoms with Gasteiger partial charge in [-0.1, -0.05) is 0 Å². The lowest BCUT2D eigenvalue weighted by molar-refractivity contribution is -0.144. The minimum atomic E-state index is -1.14. The number of hydrogen-bond acceptors (Lipinski definition) is 5. The van der Waals surface area contributed by atoms with Crippen molar-refractivity contribution in [1.82, 2.24) is 20.7 Å². The Morgan fingerprint density at radius 1 is 1.37 bits per heavy atom. The number of carboxylic acid groups (broad SMARTS) is 1. The standard InChI is InChI=1S/C10H16N4O5/c15-8-6-14(7(5-11-8)9(16)17)10(18)12-13-1-3-19-4-2-13/h7H,1-6H2,(H,11,15)(H,12,18)(H,16,17). The highest BCUT2D eigenvalue weighted by Crippen LogP contribution is 2.05. The van der Waals surface area contributed by atoms with Crippen LogP contribution in [0.3, 0.4) is 0 Å². The van der Waals surface area contributed by atoms with E-state index in [-0.39, 0.29) is 19.0 Å². The largest absolute Gasteiger partial charge is 0.480 e. The van der Waals surface area contributed by atoms with Crippen LogP contribution >= 0.6 is 0 Å². The van der Waals surface area contributed by atoms with Gasteiger partial charge in [-0.3, -0.25) is 15.1 Å². The van der Waals surface area contributed by atoms with E-state index >= 15 is 0 Å². The number of nitrogens with one attached hydrogen (secondary N) is 2. The molecule has 0 aromatic rings. The van der Waals surface area contributed by atoms with Crippen LogP contribution in [0.4, 0.5) is 4.79 Å². The fourth-order valence-electron chi connectivity index (χ4n) is 1.95. The van der Waals surface area contributed by atoms with Gasteiger partial charge in [0.25, 0.3) is 0 Å². The molecule has 106 valence electrons. The summed E-state index contributed by atoms with van der Waals surface area (Å²) >= 11 is 0. The van der Waals surface area contributed by atoms with Crippen molar-refractivity contribution in [2.45, 2.75) is 6.04 Å². The molecule has 2 aliphatic rings. The highest BCUT2D eigenvalue weighted by atomic mass is 16.5. The van der Waals surface area contributed by atoms with Crippen molar-refractivity contribution in [2.75, 3.05) is 39.4 Å². The first-order valence-corrected chi connectivity index (χ1v) is 5.97. The number of ether oxygens (including phenoxy) is 1. The fourth-order valence-corrected chi connectivity index (χ4v) is 1.95. The van der Waals surface area contributed by atoms with Crippen LogP contribution in [0, 0.1) is 0 Å². The Balaban J connectivity index is 1.97. The van der Waals surface area contributed by atoms with Crippen LogP contribution in [0.1, 0.15) is 0 Å². The van der Waals surface area contributed by atoms with E-state index in [1.54, 1.807) is 5.01 Å². The molecule has 0 aromatic carbocycles. The molecule has 1 unspecified atom stereocenters. The number of amides is 3. The van der Waals surface area contributed by atoms with Gasteiger partial charge in [-0.2, -0.15) is 0 Å². The average Bonchev–Trinajstić information content (AvgIpc) is 2.39. The third kappa shape index (κ3) is 3.32. The summed E-state index contributed by atoms with van der Waals surface area (Å²) in [6, 6.07) is -1.62. The summed E-state index contributed by atoms with van der Waals surface area (Å²) in [7, 11) is 0. The molecule has 0 aliphatic carbocycles. The Kier molecular flexibility index (Phi) is 4.17. The number of hydrazine groups is 1. The first-order chi connectivity index (χ1) is 9.08. The maximum Gasteiger partial charge on any atom is 0.333 e. The van der Waals surface area contributed by atoms with E-state index in [2.05, 4.69) is 10.7 Å². The monoisotopic (exact) mass is 272 g/mol. The maximum atomic E-state index is 12.0. The van der Waals surface area contributed by atoms with Crippen LogP contribution in [0.15, 0.2) is 0 Å². The highest BCUT2D eigenvalue weighted by molar-refractivity contribution is 5.90. The van der Waals surface area contributed by atoms with Crippen molar-refractivity contribution in [1.29, 1.82) is 0 Å². The number of carbonyl (C=O) groups is 3. The predicted molar refractivity (Wildman–Crippen MR) is 62.1 cm³/mol. The predicted octanol–water partition coefficient (Wildman–Crippen LogP) is -2.17. The Morgan fingerprint density at radius 3 is 2.68 bits per heavy atom. The molecule has 9 nitrogen and oxygen atoms in total. The van der Waals surface area contributed by atoms with Crippen molar-refractivity contribution in [3.05, 3.63) is 0 Å². The number of urea groups is 1. The third-order valence-corrected chi connectivity index (χ3v) is 2.99. The minimum absolute atomic E-state index is 0.0787. The van der Waals surface area contributed by atoms with Gasteiger partial charge in [0.1, 0.15) is 12.6 Å². The van der Waals surface area contributed by atoms with E-state index in [9.17, 15) is 14.4 Å². The quantitative estimate of drug-likeness (QED) is 0.527. The van der Waals surface area contributed by atoms with Crippen molar-refractivity contribution in [3.8, 4) is 0 Å². The summed E-state index contributed by atoms with van der Waals surface area (Å²) < 4.78 is 5.14. The Bertz CT molecular complexity index is 382. The van der Waals surface area contributed by atoms with E-state index in [1.807, 2.05) is 0 Å². The van der Waals surface area contributed by atoms with Gasteiger partial charge < -0.3 is 15.2 Å². The van der Waals surface area contributed by atoms with E-state index in [4.69, 9.17) is 9.84 Å². The highest BCUT2D eigenvalue weighted by Gasteiger charge is 2.35. The van der Waals surface area contributed by atoms with Gasteiger partial charge in [0.05, 0.1) is 13.2 Å². The first kappa shape index (κ1) is 13.6. The smallest absolute Gasteiger partial charge is 0.333 e. The second-order valence-corrected chi connectivity index (χ2v) is 4.30. The van der Waals surface area contributed by atoms with E-state index in [0.717, 1.165) is 4.90 Å². The summed E-state index contributed by atoms with van der Waals surface area (Å²) in [6.07, 6.45) is 0. The lowest BCUT2D eigenvalue weighted by atomic mass is 10.2. The van der Waals surface area contributed by atoms with E-state index in [1.165, 1.54) is 0 Å². The molecule has 2 aliphatic heterocycles. The van der Waals surface area contributed by atoms with Gasteiger partial charge in [-0.15, -0.1) is 0 Å². The van der Waals surface area contributed by atoms with Crippen molar-refractivity contribution < 1.29 is 24.2 Å². The van der Waals surface area contributed by atoms with Gasteiger partial charge >= 0.3 is 12.0 Å². The number of piperazine rings is 1. The summed E-state index contributed by atoms with van der Waals surface area (Å²) in [5.74, 6) is -1.51. The molecule has 2 heterocycles. The molecule has 0 spiro atoms. The van der Waals surface area contributed by atoms with Crippen LogP contribution < -0.4 is 10.7 Å². The maximum absolute atomic E-state index is 12.0. The molecule has 0 aromatic heterocycles. The summed E-state index contributed by atoms with van der Waals surface area (Å²) in [5, 5.41) is 13.1. The Hall–Kier alpha value is -1.87. The van der Waals surface area contributed by atoms with Gasteiger partial charge in [0.2, 0.25) is 5.91 Å². The third-order valence-electron chi connectivity index (χ3n) is 2.99. The van der Waals surface area contributed by atoms with Crippen molar-refractivity contribution in [3.63, 3.8) is 0 Å². The van der Waals surface area contributed by atoms with Crippen molar-refractivity contribution in [2.24, 2.45) is 0 Å². The second kappa shape index (κ2) is 5.85. The summed E-state index contributed by atoms with van der Waals surface area (Å²) in [5.41, 5.74) is 2.59. The van der Waals surface area contributed by atoms with Crippen molar-refractivity contribution >= 4 is 17.9 Å². The Labute approximate surface area is 109 Å². The summed E-state index contributed by atoms with van der Waals surface area (Å²) in [4.78, 5) is 35.4. The van der Waals surface area contributed by atoms with Gasteiger partial charge in [0, 0.05) is 19.6 Å². The average molecular weight is 272 g/mol. The van der Waals surface area contributed by atoms with Crippen LogP contribution in [0.5, 0.6) is 0 Å². The SMILES string of the molecule is O=C1CN(C(=O)NN2CCOCC2)C(C(=O)O)CN1. The van der Waals surface area contributed by atoms with E-state index < -0.39 is 18.0 Å². The number of aliphatic carboxylic acids is 1. The normalized spacial score (nSPS) is 24.7. The number of rotatable bonds is 2. The molecule has 3 amide bonds. The molecule has 19 heavy (non-hydrogen) atoms. The first-order valence-electron chi connectivity index (χ1n) is 5.97. The van der Waals surface area contributed by atoms with E-state index in [0.29, 0.717) is 26.3 Å². The molecule has 9 heteroatoms. The van der Waals surface area contributed by atoms with Gasteiger partial charge in [-0.05, 0) is 0 Å². The summed E-state index contributed by atoms with van der Waals surface area (Å²) in [6.45, 7) is 1.73. The number of carbonyl (C=O) groups excluding carboxylic acids is 2. The Morgan fingerprint density at radius 2 is 2.05 bits per heavy atom. The van der Waals surface area contributed by atoms with Crippen LogP contribution in [0.2, 0.25) is 0 Å². The fraction of sp³-hybridized carbons (Fsp3) is 0.700. The molecule has 2 saturated heterocycles. The minimum Gasteiger partial charge on any atom is -0.480 e. The molecule has 2 fully saturated rings. The zero-order valence-electron chi connectivity index (χ0n) is 10.3. The van der Waals surface area contributed by atoms with Gasteiger partial charge in [0.15, 0.2) is 0 Å². The van der Waals surface area contributed by atoms with Crippen LogP contribution in [0.25, 0.3) is 0 Å². The lowest BCUT2D eigenvalue weighted by Crippen LogP contribution is -2.63. The number of hydrogen-bond donors (Lipinski definition) is 3. The zero-order valence-corrected chi connectivity index (χ0v) is 10.3. The number of nitrogens with zero attached hydrogens (tertiary/aromatic N) is 2. The molecule has 0 radical (unpaired) electrons. The molecule has 1 atom stereocenters. The van der Waals surface area contributed by atoms with Crippen LogP contribution in [-0.2, 0) is 14.3 Å². The molecule has 3 N–H and O–H groups in total. The topological polar surface area (TPSA) is 111 Å². The lowest BCUT2D eigenvalue weighted by Gasteiger charge is -2.35. The second-order valence-electron chi connectivity index (χ2n) is 4.30. The zero-order chi connectivity index (χ0) is 13.8.